The quantitative estimate of drug-likeness (QED) is 0.858. The third-order valence-electron chi connectivity index (χ3n) is 5.17. The number of fused-ring (bicyclic) bond motifs is 1. The van der Waals surface area contributed by atoms with Crippen LogP contribution in [0.1, 0.15) is 31.4 Å². The van der Waals surface area contributed by atoms with Gasteiger partial charge in [-0.1, -0.05) is 24.3 Å². The summed E-state index contributed by atoms with van der Waals surface area (Å²) >= 11 is 0. The van der Waals surface area contributed by atoms with Gasteiger partial charge >= 0.3 is 0 Å². The second-order valence-electron chi connectivity index (χ2n) is 6.44. The van der Waals surface area contributed by atoms with E-state index in [0.717, 1.165) is 17.9 Å². The zero-order valence-electron chi connectivity index (χ0n) is 12.4. The maximum atomic E-state index is 4.10. The maximum absolute atomic E-state index is 4.10. The van der Waals surface area contributed by atoms with Gasteiger partial charge in [0.25, 0.3) is 0 Å². The van der Waals surface area contributed by atoms with Gasteiger partial charge in [0.05, 0.1) is 12.4 Å². The topological polar surface area (TPSA) is 34.4 Å². The Morgan fingerprint density at radius 3 is 2.86 bits per heavy atom. The van der Waals surface area contributed by atoms with E-state index in [1.54, 1.807) is 0 Å². The van der Waals surface area contributed by atoms with Crippen LogP contribution in [0.25, 0.3) is 5.69 Å². The lowest BCUT2D eigenvalue weighted by atomic mass is 9.71. The Balaban J connectivity index is 1.42. The van der Waals surface area contributed by atoms with Crippen molar-refractivity contribution >= 4 is 0 Å². The molecule has 0 bridgehead atoms. The van der Waals surface area contributed by atoms with Gasteiger partial charge in [-0.15, -0.1) is 0 Å². The first-order valence-electron chi connectivity index (χ1n) is 7.91. The fourth-order valence-corrected chi connectivity index (χ4v) is 3.83. The monoisotopic (exact) mass is 280 g/mol. The van der Waals surface area contributed by atoms with Crippen LogP contribution < -0.4 is 5.32 Å². The van der Waals surface area contributed by atoms with Gasteiger partial charge < -0.3 is 9.88 Å². The molecule has 4 rings (SSSR count). The minimum absolute atomic E-state index is 0.529. The van der Waals surface area contributed by atoms with Crippen molar-refractivity contribution in [1.29, 1.82) is 0 Å². The Morgan fingerprint density at radius 2 is 2.14 bits per heavy atom. The maximum Gasteiger partial charge on any atom is 0.109 e. The lowest BCUT2D eigenvalue weighted by molar-refractivity contribution is -0.741. The molecule has 3 heteroatoms. The molecular weight excluding hydrogens is 258 g/mol. The normalized spacial score (nSPS) is 28.1. The van der Waals surface area contributed by atoms with Crippen molar-refractivity contribution in [1.82, 2.24) is 9.55 Å². The molecule has 1 fully saturated rings. The molecular formula is C18H22N3+. The lowest BCUT2D eigenvalue weighted by Gasteiger charge is -2.39. The number of nitrogens with zero attached hydrogens (tertiary/aromatic N) is 2. The standard InChI is InChI=1S/C18H21N3/c1-13(20-18-11-15-3-2-4-17(15)18)14-5-7-16(8-6-14)21-10-9-19-12-21/h2,4-10,12-13,15,17-18,20H,3,11H2,1H3/p+1/t13-,15-,17+,18+/m1/s1. The summed E-state index contributed by atoms with van der Waals surface area (Å²) in [6.07, 6.45) is 13.1. The number of allylic oxidation sites excluding steroid dienone is 1. The van der Waals surface area contributed by atoms with Crippen LogP contribution in [0.3, 0.4) is 0 Å². The average Bonchev–Trinajstić information content (AvgIpc) is 3.14. The van der Waals surface area contributed by atoms with Gasteiger partial charge in [0.1, 0.15) is 6.04 Å². The van der Waals surface area contributed by atoms with Crippen LogP contribution >= 0.6 is 0 Å². The first-order chi connectivity index (χ1) is 10.3. The molecule has 0 aliphatic heterocycles. The third-order valence-corrected chi connectivity index (χ3v) is 5.17. The molecule has 2 aliphatic rings. The van der Waals surface area contributed by atoms with Crippen molar-refractivity contribution in [3.05, 3.63) is 60.7 Å². The summed E-state index contributed by atoms with van der Waals surface area (Å²) < 4.78 is 2.04. The van der Waals surface area contributed by atoms with E-state index < -0.39 is 0 Å². The molecule has 1 saturated carbocycles. The molecule has 108 valence electrons. The van der Waals surface area contributed by atoms with E-state index in [9.17, 15) is 0 Å². The Hall–Kier alpha value is -1.87. The largest absolute Gasteiger partial charge is 0.337 e. The first kappa shape index (κ1) is 12.8. The van der Waals surface area contributed by atoms with Crippen LogP contribution in [0.4, 0.5) is 0 Å². The highest BCUT2D eigenvalue weighted by atomic mass is 15.0. The van der Waals surface area contributed by atoms with Crippen molar-refractivity contribution in [3.63, 3.8) is 0 Å². The summed E-state index contributed by atoms with van der Waals surface area (Å²) in [6.45, 7) is 2.32. The Bertz CT molecular complexity index is 627. The molecule has 2 N–H and O–H groups in total. The molecule has 1 aromatic carbocycles. The fourth-order valence-electron chi connectivity index (χ4n) is 3.83. The second-order valence-corrected chi connectivity index (χ2v) is 6.44. The first-order valence-corrected chi connectivity index (χ1v) is 7.91. The predicted octanol–water partition coefficient (Wildman–Crippen LogP) is 2.46. The highest BCUT2D eigenvalue weighted by molar-refractivity contribution is 5.35. The Kier molecular flexibility index (Phi) is 3.15. The van der Waals surface area contributed by atoms with Crippen LogP contribution in [0.5, 0.6) is 0 Å². The third kappa shape index (κ3) is 2.32. The van der Waals surface area contributed by atoms with E-state index in [1.807, 2.05) is 23.3 Å². The van der Waals surface area contributed by atoms with Crippen molar-refractivity contribution in [3.8, 4) is 5.69 Å². The zero-order chi connectivity index (χ0) is 14.2. The predicted molar refractivity (Wildman–Crippen MR) is 83.0 cm³/mol. The number of aromatic nitrogens is 2. The molecule has 0 spiro atoms. The Morgan fingerprint density at radius 1 is 1.29 bits per heavy atom. The van der Waals surface area contributed by atoms with E-state index in [4.69, 9.17) is 0 Å². The second kappa shape index (κ2) is 5.15. The van der Waals surface area contributed by atoms with Crippen LogP contribution in [0.2, 0.25) is 0 Å². The molecule has 0 unspecified atom stereocenters. The van der Waals surface area contributed by atoms with Gasteiger partial charge in [0.15, 0.2) is 0 Å². The molecule has 0 saturated heterocycles. The van der Waals surface area contributed by atoms with Gasteiger partial charge in [-0.25, -0.2) is 4.98 Å². The molecule has 0 amide bonds. The number of hydrogen-bond acceptors (Lipinski definition) is 1. The number of rotatable bonds is 4. The smallest absolute Gasteiger partial charge is 0.109 e. The molecule has 1 heterocycles. The highest BCUT2D eigenvalue weighted by Gasteiger charge is 2.44. The summed E-state index contributed by atoms with van der Waals surface area (Å²) in [5.41, 5.74) is 2.58. The number of nitrogens with two attached hydrogens (primary N) is 1. The average molecular weight is 280 g/mol. The molecule has 3 nitrogen and oxygen atoms in total. The van der Waals surface area contributed by atoms with Gasteiger partial charge in [-0.05, 0) is 31.4 Å². The van der Waals surface area contributed by atoms with Crippen molar-refractivity contribution in [2.45, 2.75) is 31.8 Å². The highest BCUT2D eigenvalue weighted by Crippen LogP contribution is 2.41. The lowest BCUT2D eigenvalue weighted by Crippen LogP contribution is -2.94. The molecule has 2 aromatic rings. The number of benzene rings is 1. The number of quaternary nitrogens is 1. The van der Waals surface area contributed by atoms with Crippen molar-refractivity contribution in [2.75, 3.05) is 0 Å². The summed E-state index contributed by atoms with van der Waals surface area (Å²) in [5.74, 6) is 1.78. The van der Waals surface area contributed by atoms with E-state index >= 15 is 0 Å². The summed E-state index contributed by atoms with van der Waals surface area (Å²) in [6, 6.07) is 10.2. The van der Waals surface area contributed by atoms with E-state index in [-0.39, 0.29) is 0 Å². The van der Waals surface area contributed by atoms with Gasteiger partial charge in [0.2, 0.25) is 0 Å². The van der Waals surface area contributed by atoms with Crippen LogP contribution in [-0.2, 0) is 0 Å². The van der Waals surface area contributed by atoms with E-state index in [0.29, 0.717) is 6.04 Å². The number of imidazole rings is 1. The summed E-state index contributed by atoms with van der Waals surface area (Å²) in [4.78, 5) is 4.10. The van der Waals surface area contributed by atoms with Crippen molar-refractivity contribution in [2.24, 2.45) is 11.8 Å². The van der Waals surface area contributed by atoms with Crippen LogP contribution in [0.15, 0.2) is 55.1 Å². The minimum atomic E-state index is 0.529. The summed E-state index contributed by atoms with van der Waals surface area (Å²) in [5, 5.41) is 2.56. The van der Waals surface area contributed by atoms with Gasteiger partial charge in [-0.2, -0.15) is 0 Å². The molecule has 1 aromatic heterocycles. The molecule has 4 atom stereocenters. The van der Waals surface area contributed by atoms with E-state index in [2.05, 4.69) is 53.6 Å². The Labute approximate surface area is 125 Å². The molecule has 0 radical (unpaired) electrons. The van der Waals surface area contributed by atoms with Crippen molar-refractivity contribution < 1.29 is 5.32 Å². The number of hydrogen-bond donors (Lipinski definition) is 1. The van der Waals surface area contributed by atoms with Crippen LogP contribution in [0, 0.1) is 11.8 Å². The molecule has 21 heavy (non-hydrogen) atoms. The minimum Gasteiger partial charge on any atom is -0.337 e. The fraction of sp³-hybridized carbons (Fsp3) is 0.389. The van der Waals surface area contributed by atoms with E-state index in [1.165, 1.54) is 24.1 Å². The van der Waals surface area contributed by atoms with Crippen LogP contribution in [-0.4, -0.2) is 15.6 Å². The molecule has 2 aliphatic carbocycles. The van der Waals surface area contributed by atoms with Gasteiger partial charge in [0, 0.05) is 36.0 Å². The zero-order valence-corrected chi connectivity index (χ0v) is 12.4. The summed E-state index contributed by atoms with van der Waals surface area (Å²) in [7, 11) is 0. The van der Waals surface area contributed by atoms with Gasteiger partial charge in [-0.3, -0.25) is 0 Å². The SMILES string of the molecule is C[C@@H]([NH2+][C@H]1C[C@H]2CC=C[C@@H]21)c1ccc(-n2ccnc2)cc1.